The Morgan fingerprint density at radius 2 is 1.52 bits per heavy atom. The van der Waals surface area contributed by atoms with Crippen LogP contribution in [0.3, 0.4) is 0 Å². The predicted molar refractivity (Wildman–Crippen MR) is 79.6 cm³/mol. The van der Waals surface area contributed by atoms with Crippen molar-refractivity contribution < 1.29 is 24.1 Å². The molecule has 0 aromatic carbocycles. The molecule has 1 heterocycles. The first-order valence-corrected chi connectivity index (χ1v) is 7.66. The van der Waals surface area contributed by atoms with E-state index in [-0.39, 0.29) is 0 Å². The first kappa shape index (κ1) is 18.8. The van der Waals surface area contributed by atoms with Crippen LogP contribution in [0.1, 0.15) is 0 Å². The SMILES string of the molecule is COCCOCCOCCOCC(O)CN1CCNCC1. The minimum absolute atomic E-state index is 0.359. The van der Waals surface area contributed by atoms with E-state index in [1.54, 1.807) is 7.11 Å². The van der Waals surface area contributed by atoms with Crippen LogP contribution >= 0.6 is 0 Å². The third-order valence-electron chi connectivity index (χ3n) is 3.16. The quantitative estimate of drug-likeness (QED) is 0.421. The lowest BCUT2D eigenvalue weighted by Gasteiger charge is -2.28. The number of ether oxygens (including phenoxy) is 4. The number of aliphatic hydroxyl groups excluding tert-OH is 1. The van der Waals surface area contributed by atoms with Crippen LogP contribution in [0.25, 0.3) is 0 Å². The minimum atomic E-state index is -0.430. The van der Waals surface area contributed by atoms with Gasteiger partial charge in [0.25, 0.3) is 0 Å². The van der Waals surface area contributed by atoms with Crippen LogP contribution in [0.2, 0.25) is 0 Å². The summed E-state index contributed by atoms with van der Waals surface area (Å²) in [5, 5.41) is 13.2. The predicted octanol–water partition coefficient (Wildman–Crippen LogP) is -1.05. The molecule has 1 rings (SSSR count). The Balaban J connectivity index is 1.80. The maximum atomic E-state index is 9.86. The van der Waals surface area contributed by atoms with Gasteiger partial charge in [-0.05, 0) is 0 Å². The molecule has 0 aromatic heterocycles. The molecule has 1 saturated heterocycles. The first-order valence-electron chi connectivity index (χ1n) is 7.66. The lowest BCUT2D eigenvalue weighted by Crippen LogP contribution is -2.47. The summed E-state index contributed by atoms with van der Waals surface area (Å²) in [4.78, 5) is 2.25. The van der Waals surface area contributed by atoms with E-state index in [2.05, 4.69) is 10.2 Å². The first-order chi connectivity index (χ1) is 10.3. The third kappa shape index (κ3) is 11.0. The molecule has 0 aromatic rings. The number of hydrogen-bond acceptors (Lipinski definition) is 7. The highest BCUT2D eigenvalue weighted by Gasteiger charge is 2.14. The summed E-state index contributed by atoms with van der Waals surface area (Å²) in [6.07, 6.45) is -0.430. The van der Waals surface area contributed by atoms with Gasteiger partial charge in [0.2, 0.25) is 0 Å². The van der Waals surface area contributed by atoms with E-state index in [4.69, 9.17) is 18.9 Å². The Labute approximate surface area is 127 Å². The highest BCUT2D eigenvalue weighted by atomic mass is 16.6. The lowest BCUT2D eigenvalue weighted by molar-refractivity contribution is -0.0212. The summed E-state index contributed by atoms with van der Waals surface area (Å²) in [5.41, 5.74) is 0. The van der Waals surface area contributed by atoms with Crippen LogP contribution in [0.15, 0.2) is 0 Å². The van der Waals surface area contributed by atoms with Crippen LogP contribution < -0.4 is 5.32 Å². The van der Waals surface area contributed by atoms with Gasteiger partial charge in [0, 0.05) is 39.8 Å². The number of nitrogens with zero attached hydrogens (tertiary/aromatic N) is 1. The molecule has 2 N–H and O–H groups in total. The Hall–Kier alpha value is -0.280. The van der Waals surface area contributed by atoms with E-state index in [0.29, 0.717) is 52.8 Å². The van der Waals surface area contributed by atoms with Crippen LogP contribution in [0.5, 0.6) is 0 Å². The second-order valence-electron chi connectivity index (χ2n) is 5.00. The van der Waals surface area contributed by atoms with E-state index in [9.17, 15) is 5.11 Å². The van der Waals surface area contributed by atoms with Crippen molar-refractivity contribution in [3.05, 3.63) is 0 Å². The van der Waals surface area contributed by atoms with Gasteiger partial charge in [-0.15, -0.1) is 0 Å². The molecule has 7 nitrogen and oxygen atoms in total. The van der Waals surface area contributed by atoms with Crippen molar-refractivity contribution in [2.24, 2.45) is 0 Å². The van der Waals surface area contributed by atoms with Gasteiger partial charge in [0.1, 0.15) is 0 Å². The lowest BCUT2D eigenvalue weighted by atomic mass is 10.3. The summed E-state index contributed by atoms with van der Waals surface area (Å²) >= 11 is 0. The fourth-order valence-electron chi connectivity index (χ4n) is 2.05. The van der Waals surface area contributed by atoms with E-state index in [0.717, 1.165) is 26.2 Å². The highest BCUT2D eigenvalue weighted by Crippen LogP contribution is 1.96. The molecule has 0 aliphatic carbocycles. The summed E-state index contributed by atoms with van der Waals surface area (Å²) < 4.78 is 20.9. The smallest absolute Gasteiger partial charge is 0.0900 e. The van der Waals surface area contributed by atoms with Crippen LogP contribution in [0, 0.1) is 0 Å². The zero-order valence-electron chi connectivity index (χ0n) is 13.1. The summed E-state index contributed by atoms with van der Waals surface area (Å²) in [6, 6.07) is 0. The molecule has 1 aliphatic rings. The topological polar surface area (TPSA) is 72.4 Å². The van der Waals surface area contributed by atoms with Crippen LogP contribution in [0.4, 0.5) is 0 Å². The Kier molecular flexibility index (Phi) is 12.0. The van der Waals surface area contributed by atoms with Crippen molar-refractivity contribution in [2.45, 2.75) is 6.10 Å². The number of aliphatic hydroxyl groups is 1. The maximum absolute atomic E-state index is 9.86. The van der Waals surface area contributed by atoms with E-state index in [1.807, 2.05) is 0 Å². The minimum Gasteiger partial charge on any atom is -0.389 e. The third-order valence-corrected chi connectivity index (χ3v) is 3.16. The largest absolute Gasteiger partial charge is 0.389 e. The monoisotopic (exact) mass is 306 g/mol. The van der Waals surface area contributed by atoms with E-state index < -0.39 is 6.10 Å². The second kappa shape index (κ2) is 13.4. The van der Waals surface area contributed by atoms with E-state index in [1.165, 1.54) is 0 Å². The van der Waals surface area contributed by atoms with Gasteiger partial charge in [0.15, 0.2) is 0 Å². The Morgan fingerprint density at radius 1 is 0.952 bits per heavy atom. The van der Waals surface area contributed by atoms with Gasteiger partial charge in [-0.3, -0.25) is 4.90 Å². The van der Waals surface area contributed by atoms with E-state index >= 15 is 0 Å². The molecule has 0 spiro atoms. The highest BCUT2D eigenvalue weighted by molar-refractivity contribution is 4.70. The number of rotatable bonds is 13. The molecule has 1 fully saturated rings. The van der Waals surface area contributed by atoms with Crippen LogP contribution in [-0.4, -0.2) is 102 Å². The van der Waals surface area contributed by atoms with Gasteiger partial charge in [-0.25, -0.2) is 0 Å². The molecule has 7 heteroatoms. The zero-order valence-corrected chi connectivity index (χ0v) is 13.1. The van der Waals surface area contributed by atoms with Gasteiger partial charge in [0.05, 0.1) is 52.4 Å². The maximum Gasteiger partial charge on any atom is 0.0900 e. The van der Waals surface area contributed by atoms with Crippen molar-refractivity contribution in [1.82, 2.24) is 10.2 Å². The summed E-state index contributed by atoms with van der Waals surface area (Å²) in [6.45, 7) is 8.33. The number of nitrogens with one attached hydrogen (secondary N) is 1. The van der Waals surface area contributed by atoms with Crippen molar-refractivity contribution in [2.75, 3.05) is 86.1 Å². The molecule has 1 unspecified atom stereocenters. The number of β-amino-alcohol motifs (C(OH)–C–C–N with tert-alkyl or cyclic N) is 1. The molecular weight excluding hydrogens is 276 g/mol. The molecule has 0 saturated carbocycles. The number of hydrogen-bond donors (Lipinski definition) is 2. The molecular formula is C14H30N2O5. The standard InChI is InChI=1S/C14H30N2O5/c1-18-6-7-19-8-9-20-10-11-21-13-14(17)12-16-4-2-15-3-5-16/h14-15,17H,2-13H2,1H3. The summed E-state index contributed by atoms with van der Waals surface area (Å²) in [5.74, 6) is 0. The Bertz CT molecular complexity index is 227. The fraction of sp³-hybridized carbons (Fsp3) is 1.00. The van der Waals surface area contributed by atoms with Crippen molar-refractivity contribution >= 4 is 0 Å². The van der Waals surface area contributed by atoms with Crippen LogP contribution in [-0.2, 0) is 18.9 Å². The van der Waals surface area contributed by atoms with Gasteiger partial charge >= 0.3 is 0 Å². The van der Waals surface area contributed by atoms with Gasteiger partial charge < -0.3 is 29.4 Å². The molecule has 0 radical (unpaired) electrons. The van der Waals surface area contributed by atoms with Crippen molar-refractivity contribution in [1.29, 1.82) is 0 Å². The zero-order chi connectivity index (χ0) is 15.2. The summed E-state index contributed by atoms with van der Waals surface area (Å²) in [7, 11) is 1.65. The molecule has 1 atom stereocenters. The average molecular weight is 306 g/mol. The normalized spacial score (nSPS) is 18.0. The molecule has 21 heavy (non-hydrogen) atoms. The second-order valence-corrected chi connectivity index (χ2v) is 5.00. The Morgan fingerprint density at radius 3 is 2.14 bits per heavy atom. The number of methoxy groups -OCH3 is 1. The fourth-order valence-corrected chi connectivity index (χ4v) is 2.05. The van der Waals surface area contributed by atoms with Crippen molar-refractivity contribution in [3.63, 3.8) is 0 Å². The molecule has 1 aliphatic heterocycles. The van der Waals surface area contributed by atoms with Crippen molar-refractivity contribution in [3.8, 4) is 0 Å². The number of piperazine rings is 1. The molecule has 0 amide bonds. The van der Waals surface area contributed by atoms with Gasteiger partial charge in [-0.2, -0.15) is 0 Å². The molecule has 0 bridgehead atoms. The molecule has 126 valence electrons. The average Bonchev–Trinajstić information content (AvgIpc) is 2.50. The van der Waals surface area contributed by atoms with Gasteiger partial charge in [-0.1, -0.05) is 0 Å².